The third-order valence-electron chi connectivity index (χ3n) is 2.42. The van der Waals surface area contributed by atoms with Gasteiger partial charge in [0, 0.05) is 29.5 Å². The fourth-order valence-corrected chi connectivity index (χ4v) is 2.47. The Balaban J connectivity index is 2.09. The van der Waals surface area contributed by atoms with E-state index in [1.54, 1.807) is 11.8 Å². The van der Waals surface area contributed by atoms with Gasteiger partial charge in [-0.3, -0.25) is 4.68 Å². The average Bonchev–Trinajstić information content (AvgIpc) is 2.81. The Bertz CT molecular complexity index is 578. The number of nitrogens with zero attached hydrogens (tertiary/aromatic N) is 2. The van der Waals surface area contributed by atoms with Crippen LogP contribution in [0.15, 0.2) is 41.6 Å². The molecule has 0 radical (unpaired) electrons. The first kappa shape index (κ1) is 12.7. The van der Waals surface area contributed by atoms with Crippen LogP contribution in [-0.4, -0.2) is 16.3 Å². The summed E-state index contributed by atoms with van der Waals surface area (Å²) in [5, 5.41) is 4.15. The number of hydrogen-bond acceptors (Lipinski definition) is 3. The first-order valence-corrected chi connectivity index (χ1v) is 6.66. The van der Waals surface area contributed by atoms with Crippen molar-refractivity contribution in [3.8, 4) is 11.8 Å². The van der Waals surface area contributed by atoms with E-state index in [1.165, 1.54) is 10.5 Å². The number of benzene rings is 1. The van der Waals surface area contributed by atoms with Crippen molar-refractivity contribution < 1.29 is 0 Å². The summed E-state index contributed by atoms with van der Waals surface area (Å²) >= 11 is 1.76. The lowest BCUT2D eigenvalue weighted by atomic mass is 10.1. The van der Waals surface area contributed by atoms with Gasteiger partial charge in [-0.2, -0.15) is 5.10 Å². The molecule has 0 fully saturated rings. The predicted molar refractivity (Wildman–Crippen MR) is 75.1 cm³/mol. The van der Waals surface area contributed by atoms with Gasteiger partial charge in [0.15, 0.2) is 0 Å². The zero-order valence-electron chi connectivity index (χ0n) is 10.3. The highest BCUT2D eigenvalue weighted by atomic mass is 32.2. The molecule has 92 valence electrons. The first-order valence-electron chi connectivity index (χ1n) is 5.68. The minimum Gasteiger partial charge on any atom is -0.320 e. The van der Waals surface area contributed by atoms with Crippen LogP contribution in [0.5, 0.6) is 0 Å². The molecule has 18 heavy (non-hydrogen) atoms. The summed E-state index contributed by atoms with van der Waals surface area (Å²) in [6.07, 6.45) is 3.89. The van der Waals surface area contributed by atoms with Gasteiger partial charge in [0.1, 0.15) is 0 Å². The van der Waals surface area contributed by atoms with Gasteiger partial charge in [-0.05, 0) is 11.6 Å². The normalized spacial score (nSPS) is 9.89. The van der Waals surface area contributed by atoms with E-state index in [2.05, 4.69) is 23.0 Å². The number of hydrogen-bond donors (Lipinski definition) is 1. The van der Waals surface area contributed by atoms with Gasteiger partial charge in [0.05, 0.1) is 12.7 Å². The Hall–Kier alpha value is -1.70. The van der Waals surface area contributed by atoms with Crippen molar-refractivity contribution in [1.29, 1.82) is 0 Å². The molecule has 0 atom stereocenters. The SMILES string of the molecule is Cn1cc(SCc2ccccc2C#CCN)cn1. The largest absolute Gasteiger partial charge is 0.320 e. The highest BCUT2D eigenvalue weighted by molar-refractivity contribution is 7.98. The van der Waals surface area contributed by atoms with Crippen molar-refractivity contribution in [2.45, 2.75) is 10.6 Å². The molecule has 1 aromatic carbocycles. The Labute approximate surface area is 111 Å². The Morgan fingerprint density at radius 1 is 1.39 bits per heavy atom. The molecular weight excluding hydrogens is 242 g/mol. The topological polar surface area (TPSA) is 43.8 Å². The van der Waals surface area contributed by atoms with E-state index >= 15 is 0 Å². The van der Waals surface area contributed by atoms with Gasteiger partial charge in [-0.1, -0.05) is 30.0 Å². The predicted octanol–water partition coefficient (Wildman–Crippen LogP) is 2.02. The van der Waals surface area contributed by atoms with Crippen molar-refractivity contribution >= 4 is 11.8 Å². The lowest BCUT2D eigenvalue weighted by Crippen LogP contribution is -1.94. The summed E-state index contributed by atoms with van der Waals surface area (Å²) in [7, 11) is 1.92. The van der Waals surface area contributed by atoms with Crippen LogP contribution in [0, 0.1) is 11.8 Å². The molecule has 1 aromatic heterocycles. The highest BCUT2D eigenvalue weighted by Gasteiger charge is 2.02. The molecule has 0 saturated carbocycles. The minimum absolute atomic E-state index is 0.393. The summed E-state index contributed by atoms with van der Waals surface area (Å²) in [5.74, 6) is 6.89. The summed E-state index contributed by atoms with van der Waals surface area (Å²) in [6.45, 7) is 0.393. The standard InChI is InChI=1S/C14H15N3S/c1-17-10-14(9-16-17)18-11-13-6-3-2-5-12(13)7-4-8-15/h2-3,5-6,9-10H,8,11,15H2,1H3. The molecule has 2 aromatic rings. The maximum atomic E-state index is 5.40. The molecule has 0 spiro atoms. The van der Waals surface area contributed by atoms with E-state index in [4.69, 9.17) is 5.73 Å². The van der Waals surface area contributed by atoms with Crippen LogP contribution in [0.1, 0.15) is 11.1 Å². The molecule has 0 bridgehead atoms. The van der Waals surface area contributed by atoms with E-state index in [0.29, 0.717) is 6.54 Å². The van der Waals surface area contributed by atoms with Crippen molar-refractivity contribution in [1.82, 2.24) is 9.78 Å². The maximum absolute atomic E-state index is 5.40. The quantitative estimate of drug-likeness (QED) is 0.676. The lowest BCUT2D eigenvalue weighted by Gasteiger charge is -2.02. The van der Waals surface area contributed by atoms with E-state index < -0.39 is 0 Å². The van der Waals surface area contributed by atoms with Gasteiger partial charge in [-0.15, -0.1) is 11.8 Å². The van der Waals surface area contributed by atoms with Crippen LogP contribution in [0.4, 0.5) is 0 Å². The summed E-state index contributed by atoms with van der Waals surface area (Å²) < 4.78 is 1.81. The van der Waals surface area contributed by atoms with E-state index in [1.807, 2.05) is 42.3 Å². The molecule has 0 aliphatic rings. The number of aromatic nitrogens is 2. The first-order chi connectivity index (χ1) is 8.79. The van der Waals surface area contributed by atoms with Crippen molar-refractivity contribution in [2.24, 2.45) is 12.8 Å². The zero-order chi connectivity index (χ0) is 12.8. The third-order valence-corrected chi connectivity index (χ3v) is 3.42. The second-order valence-corrected chi connectivity index (χ2v) is 4.85. The van der Waals surface area contributed by atoms with Gasteiger partial charge < -0.3 is 5.73 Å². The summed E-state index contributed by atoms with van der Waals surface area (Å²) in [5.41, 5.74) is 7.69. The fourth-order valence-electron chi connectivity index (χ4n) is 1.55. The van der Waals surface area contributed by atoms with Gasteiger partial charge in [0.2, 0.25) is 0 Å². The molecule has 0 aliphatic heterocycles. The minimum atomic E-state index is 0.393. The van der Waals surface area contributed by atoms with E-state index in [0.717, 1.165) is 11.3 Å². The molecule has 0 saturated heterocycles. The molecule has 2 N–H and O–H groups in total. The van der Waals surface area contributed by atoms with Crippen molar-refractivity contribution in [3.05, 3.63) is 47.8 Å². The van der Waals surface area contributed by atoms with Gasteiger partial charge in [-0.25, -0.2) is 0 Å². The maximum Gasteiger partial charge on any atom is 0.0625 e. The van der Waals surface area contributed by atoms with E-state index in [-0.39, 0.29) is 0 Å². The Morgan fingerprint density at radius 2 is 2.22 bits per heavy atom. The molecule has 1 heterocycles. The van der Waals surface area contributed by atoms with Gasteiger partial charge >= 0.3 is 0 Å². The molecule has 3 nitrogen and oxygen atoms in total. The Kier molecular flexibility index (Phi) is 4.46. The smallest absolute Gasteiger partial charge is 0.0625 e. The molecule has 0 aliphatic carbocycles. The summed E-state index contributed by atoms with van der Waals surface area (Å²) in [6, 6.07) is 8.16. The zero-order valence-corrected chi connectivity index (χ0v) is 11.1. The monoisotopic (exact) mass is 257 g/mol. The second-order valence-electron chi connectivity index (χ2n) is 3.80. The Morgan fingerprint density at radius 3 is 2.94 bits per heavy atom. The van der Waals surface area contributed by atoms with Crippen molar-refractivity contribution in [3.63, 3.8) is 0 Å². The third kappa shape index (κ3) is 3.39. The van der Waals surface area contributed by atoms with Crippen LogP contribution < -0.4 is 5.73 Å². The highest BCUT2D eigenvalue weighted by Crippen LogP contribution is 2.23. The lowest BCUT2D eigenvalue weighted by molar-refractivity contribution is 0.766. The molecule has 4 heteroatoms. The number of nitrogens with two attached hydrogens (primary N) is 1. The van der Waals surface area contributed by atoms with Gasteiger partial charge in [0.25, 0.3) is 0 Å². The fraction of sp³-hybridized carbons (Fsp3) is 0.214. The van der Waals surface area contributed by atoms with Crippen LogP contribution in [-0.2, 0) is 12.8 Å². The second kappa shape index (κ2) is 6.29. The van der Waals surface area contributed by atoms with E-state index in [9.17, 15) is 0 Å². The molecular formula is C14H15N3S. The molecule has 2 rings (SSSR count). The van der Waals surface area contributed by atoms with Crippen LogP contribution in [0.25, 0.3) is 0 Å². The summed E-state index contributed by atoms with van der Waals surface area (Å²) in [4.78, 5) is 1.17. The van der Waals surface area contributed by atoms with Crippen LogP contribution in [0.3, 0.4) is 0 Å². The van der Waals surface area contributed by atoms with Crippen LogP contribution >= 0.6 is 11.8 Å². The molecule has 0 amide bonds. The number of rotatable bonds is 3. The van der Waals surface area contributed by atoms with Crippen LogP contribution in [0.2, 0.25) is 0 Å². The average molecular weight is 257 g/mol. The molecule has 0 unspecified atom stereocenters. The number of aryl methyl sites for hydroxylation is 1. The van der Waals surface area contributed by atoms with Crippen molar-refractivity contribution in [2.75, 3.05) is 6.54 Å². The number of thioether (sulfide) groups is 1.